The fraction of sp³-hybridized carbons (Fsp3) is 0.625. The smallest absolute Gasteiger partial charge is 0.00950 e. The zero-order valence-corrected chi connectivity index (χ0v) is 11.4. The molecule has 0 amide bonds. The van der Waals surface area contributed by atoms with Crippen molar-refractivity contribution < 1.29 is 0 Å². The topological polar surface area (TPSA) is 12.0 Å². The molecule has 0 saturated heterocycles. The largest absolute Gasteiger partial charge is 0.311 e. The number of nitrogens with one attached hydrogen (secondary N) is 1. The maximum Gasteiger partial charge on any atom is 0.00950 e. The molecule has 0 aromatic heterocycles. The van der Waals surface area contributed by atoms with E-state index in [9.17, 15) is 0 Å². The molecular weight excluding hydrogens is 206 g/mol. The van der Waals surface area contributed by atoms with Crippen molar-refractivity contribution in [2.75, 3.05) is 0 Å². The lowest BCUT2D eigenvalue weighted by Gasteiger charge is -2.25. The lowest BCUT2D eigenvalue weighted by Crippen LogP contribution is -2.39. The van der Waals surface area contributed by atoms with Crippen molar-refractivity contribution in [3.05, 3.63) is 35.9 Å². The van der Waals surface area contributed by atoms with E-state index in [1.807, 2.05) is 0 Å². The Morgan fingerprint density at radius 2 is 1.82 bits per heavy atom. The molecule has 2 atom stereocenters. The van der Waals surface area contributed by atoms with Gasteiger partial charge in [0.15, 0.2) is 0 Å². The van der Waals surface area contributed by atoms with E-state index in [2.05, 4.69) is 56.4 Å². The first-order valence-corrected chi connectivity index (χ1v) is 6.90. The zero-order chi connectivity index (χ0) is 12.3. The molecule has 1 saturated carbocycles. The first kappa shape index (κ1) is 12.6. The molecule has 0 radical (unpaired) electrons. The predicted octanol–water partition coefficient (Wildman–Crippen LogP) is 3.79. The highest BCUT2D eigenvalue weighted by atomic mass is 15.0. The van der Waals surface area contributed by atoms with E-state index < -0.39 is 0 Å². The van der Waals surface area contributed by atoms with Gasteiger partial charge < -0.3 is 5.32 Å². The van der Waals surface area contributed by atoms with Crippen LogP contribution in [-0.2, 0) is 6.42 Å². The van der Waals surface area contributed by atoms with Gasteiger partial charge in [-0.1, -0.05) is 37.3 Å². The second-order valence-electron chi connectivity index (χ2n) is 5.97. The summed E-state index contributed by atoms with van der Waals surface area (Å²) in [6.45, 7) is 7.05. The molecule has 0 spiro atoms. The average molecular weight is 231 g/mol. The van der Waals surface area contributed by atoms with Crippen LogP contribution in [0.25, 0.3) is 0 Å². The fourth-order valence-electron chi connectivity index (χ4n) is 2.37. The molecular formula is C16H25N. The van der Waals surface area contributed by atoms with Crippen molar-refractivity contribution in [3.8, 4) is 0 Å². The highest BCUT2D eigenvalue weighted by Gasteiger charge is 2.42. The van der Waals surface area contributed by atoms with E-state index in [-0.39, 0.29) is 0 Å². The first-order valence-electron chi connectivity index (χ1n) is 6.90. The van der Waals surface area contributed by atoms with Crippen LogP contribution in [0.3, 0.4) is 0 Å². The Labute approximate surface area is 106 Å². The molecule has 1 N–H and O–H groups in total. The molecule has 1 heteroatoms. The SMILES string of the molecule is CC(CCc1ccccc1)NC(C)C1(C)CC1. The molecule has 0 aliphatic heterocycles. The molecule has 1 aromatic carbocycles. The fourth-order valence-corrected chi connectivity index (χ4v) is 2.37. The molecule has 0 bridgehead atoms. The third kappa shape index (κ3) is 3.57. The second kappa shape index (κ2) is 5.22. The van der Waals surface area contributed by atoms with Crippen LogP contribution >= 0.6 is 0 Å². The molecule has 17 heavy (non-hydrogen) atoms. The van der Waals surface area contributed by atoms with Gasteiger partial charge in [0.2, 0.25) is 0 Å². The number of hydrogen-bond acceptors (Lipinski definition) is 1. The summed E-state index contributed by atoms with van der Waals surface area (Å²) in [7, 11) is 0. The minimum absolute atomic E-state index is 0.584. The minimum atomic E-state index is 0.584. The molecule has 1 fully saturated rings. The van der Waals surface area contributed by atoms with Gasteiger partial charge >= 0.3 is 0 Å². The summed E-state index contributed by atoms with van der Waals surface area (Å²) in [6.07, 6.45) is 5.20. The summed E-state index contributed by atoms with van der Waals surface area (Å²) >= 11 is 0. The Balaban J connectivity index is 1.72. The summed E-state index contributed by atoms with van der Waals surface area (Å²) < 4.78 is 0. The van der Waals surface area contributed by atoms with Crippen LogP contribution in [0.2, 0.25) is 0 Å². The van der Waals surface area contributed by atoms with E-state index in [0.717, 1.165) is 0 Å². The van der Waals surface area contributed by atoms with Gasteiger partial charge in [-0.15, -0.1) is 0 Å². The Bertz CT molecular complexity index is 340. The number of benzene rings is 1. The third-order valence-corrected chi connectivity index (χ3v) is 4.33. The molecule has 1 aliphatic carbocycles. The van der Waals surface area contributed by atoms with Crippen LogP contribution in [-0.4, -0.2) is 12.1 Å². The van der Waals surface area contributed by atoms with Crippen LogP contribution in [0.4, 0.5) is 0 Å². The monoisotopic (exact) mass is 231 g/mol. The summed E-state index contributed by atoms with van der Waals surface area (Å²) in [5.41, 5.74) is 2.03. The zero-order valence-electron chi connectivity index (χ0n) is 11.4. The normalized spacial score (nSPS) is 20.9. The standard InChI is InChI=1S/C16H25N/c1-13(17-14(2)16(3)11-12-16)9-10-15-7-5-4-6-8-15/h4-8,13-14,17H,9-12H2,1-3H3. The van der Waals surface area contributed by atoms with Gasteiger partial charge in [0, 0.05) is 12.1 Å². The lowest BCUT2D eigenvalue weighted by atomic mass is 9.98. The molecule has 2 unspecified atom stereocenters. The van der Waals surface area contributed by atoms with E-state index in [4.69, 9.17) is 0 Å². The summed E-state index contributed by atoms with van der Waals surface area (Å²) in [5.74, 6) is 0. The maximum atomic E-state index is 3.75. The quantitative estimate of drug-likeness (QED) is 0.785. The third-order valence-electron chi connectivity index (χ3n) is 4.33. The second-order valence-corrected chi connectivity index (χ2v) is 5.97. The van der Waals surface area contributed by atoms with Gasteiger partial charge in [-0.2, -0.15) is 0 Å². The number of aryl methyl sites for hydroxylation is 1. The molecule has 2 rings (SSSR count). The minimum Gasteiger partial charge on any atom is -0.311 e. The van der Waals surface area contributed by atoms with E-state index in [1.54, 1.807) is 0 Å². The lowest BCUT2D eigenvalue weighted by molar-refractivity contribution is 0.339. The molecule has 1 aromatic rings. The molecule has 94 valence electrons. The van der Waals surface area contributed by atoms with Gasteiger partial charge in [0.25, 0.3) is 0 Å². The van der Waals surface area contributed by atoms with E-state index >= 15 is 0 Å². The van der Waals surface area contributed by atoms with Crippen LogP contribution in [0.1, 0.15) is 45.6 Å². The van der Waals surface area contributed by atoms with Crippen LogP contribution in [0.5, 0.6) is 0 Å². The van der Waals surface area contributed by atoms with Crippen molar-refractivity contribution in [3.63, 3.8) is 0 Å². The van der Waals surface area contributed by atoms with E-state index in [0.29, 0.717) is 17.5 Å². The van der Waals surface area contributed by atoms with Crippen LogP contribution in [0.15, 0.2) is 30.3 Å². The highest BCUT2D eigenvalue weighted by Crippen LogP contribution is 2.48. The highest BCUT2D eigenvalue weighted by molar-refractivity contribution is 5.14. The van der Waals surface area contributed by atoms with Crippen LogP contribution < -0.4 is 5.32 Å². The average Bonchev–Trinajstić information content (AvgIpc) is 3.07. The number of rotatable bonds is 6. The Hall–Kier alpha value is -0.820. The Morgan fingerprint density at radius 3 is 2.41 bits per heavy atom. The molecule has 1 aliphatic rings. The summed E-state index contributed by atoms with van der Waals surface area (Å²) in [5, 5.41) is 3.75. The summed E-state index contributed by atoms with van der Waals surface area (Å²) in [6, 6.07) is 12.1. The van der Waals surface area contributed by atoms with Gasteiger partial charge in [-0.3, -0.25) is 0 Å². The van der Waals surface area contributed by atoms with Gasteiger partial charge in [-0.25, -0.2) is 0 Å². The van der Waals surface area contributed by atoms with Crippen molar-refractivity contribution >= 4 is 0 Å². The maximum absolute atomic E-state index is 3.75. The predicted molar refractivity (Wildman–Crippen MR) is 74.2 cm³/mol. The Morgan fingerprint density at radius 1 is 1.18 bits per heavy atom. The van der Waals surface area contributed by atoms with Gasteiger partial charge in [0.05, 0.1) is 0 Å². The first-order chi connectivity index (χ1) is 8.10. The number of hydrogen-bond donors (Lipinski definition) is 1. The molecule has 0 heterocycles. The van der Waals surface area contributed by atoms with Crippen molar-refractivity contribution in [2.24, 2.45) is 5.41 Å². The van der Waals surface area contributed by atoms with E-state index in [1.165, 1.54) is 31.2 Å². The van der Waals surface area contributed by atoms with Crippen molar-refractivity contribution in [1.82, 2.24) is 5.32 Å². The van der Waals surface area contributed by atoms with Gasteiger partial charge in [-0.05, 0) is 50.5 Å². The van der Waals surface area contributed by atoms with Crippen molar-refractivity contribution in [2.45, 2.75) is 58.5 Å². The Kier molecular flexibility index (Phi) is 3.88. The summed E-state index contributed by atoms with van der Waals surface area (Å²) in [4.78, 5) is 0. The van der Waals surface area contributed by atoms with Crippen molar-refractivity contribution in [1.29, 1.82) is 0 Å². The molecule has 1 nitrogen and oxygen atoms in total. The van der Waals surface area contributed by atoms with Gasteiger partial charge in [0.1, 0.15) is 0 Å². The van der Waals surface area contributed by atoms with Crippen LogP contribution in [0, 0.1) is 5.41 Å².